The summed E-state index contributed by atoms with van der Waals surface area (Å²) in [6.45, 7) is 1.71. The van der Waals surface area contributed by atoms with Gasteiger partial charge in [-0.1, -0.05) is 0 Å². The van der Waals surface area contributed by atoms with E-state index in [9.17, 15) is 14.0 Å². The number of benzene rings is 1. The van der Waals surface area contributed by atoms with E-state index in [1.165, 1.54) is 25.1 Å². The summed E-state index contributed by atoms with van der Waals surface area (Å²) in [5.41, 5.74) is 5.90. The average molecular weight is 332 g/mol. The van der Waals surface area contributed by atoms with Crippen LogP contribution in [0.4, 0.5) is 15.8 Å². The first-order valence-corrected chi connectivity index (χ1v) is 6.73. The quantitative estimate of drug-likeness (QED) is 0.782. The molecule has 0 bridgehead atoms. The molecule has 1 heterocycles. The van der Waals surface area contributed by atoms with E-state index in [0.29, 0.717) is 25.1 Å². The normalized spacial score (nSPS) is 20.1. The van der Waals surface area contributed by atoms with Crippen LogP contribution in [0.2, 0.25) is 0 Å². The molecule has 0 aromatic heterocycles. The molecule has 0 spiro atoms. The predicted octanol–water partition coefficient (Wildman–Crippen LogP) is 1.65. The van der Waals surface area contributed by atoms with E-state index in [1.807, 2.05) is 0 Å². The second-order valence-corrected chi connectivity index (χ2v) is 4.92. The molecule has 0 saturated carbocycles. The number of hydrogen-bond acceptors (Lipinski definition) is 4. The third-order valence-electron chi connectivity index (χ3n) is 3.21. The summed E-state index contributed by atoms with van der Waals surface area (Å²) in [4.78, 5) is 23.0. The fourth-order valence-electron chi connectivity index (χ4n) is 2.19. The van der Waals surface area contributed by atoms with Gasteiger partial charge in [0.15, 0.2) is 0 Å². The Morgan fingerprint density at radius 2 is 2.09 bits per heavy atom. The Morgan fingerprint density at radius 3 is 2.68 bits per heavy atom. The number of hydrogen-bond donors (Lipinski definition) is 3. The molecule has 122 valence electrons. The molecule has 2 amide bonds. The summed E-state index contributed by atoms with van der Waals surface area (Å²) in [7, 11) is 0. The van der Waals surface area contributed by atoms with Crippen LogP contribution in [0, 0.1) is 5.82 Å². The highest BCUT2D eigenvalue weighted by atomic mass is 35.5. The Balaban J connectivity index is 0.00000242. The van der Waals surface area contributed by atoms with Gasteiger partial charge in [-0.05, 0) is 31.0 Å². The summed E-state index contributed by atoms with van der Waals surface area (Å²) >= 11 is 0. The van der Waals surface area contributed by atoms with Crippen LogP contribution in [-0.2, 0) is 14.3 Å². The van der Waals surface area contributed by atoms with Crippen molar-refractivity contribution in [3.05, 3.63) is 24.0 Å². The number of halogens is 2. The second kappa shape index (κ2) is 8.07. The van der Waals surface area contributed by atoms with Crippen molar-refractivity contribution in [1.82, 2.24) is 0 Å². The zero-order chi connectivity index (χ0) is 15.4. The molecule has 4 N–H and O–H groups in total. The smallest absolute Gasteiger partial charge is 0.253 e. The Hall–Kier alpha value is -1.70. The van der Waals surface area contributed by atoms with Crippen LogP contribution < -0.4 is 16.4 Å². The van der Waals surface area contributed by atoms with Crippen LogP contribution in [0.3, 0.4) is 0 Å². The lowest BCUT2D eigenvalue weighted by Gasteiger charge is -2.14. The molecular formula is C14H19ClFN3O3. The zero-order valence-electron chi connectivity index (χ0n) is 12.1. The SMILES string of the molecule is CC(=O)Nc1ccc(F)c(NC(=O)[C@@H]2CC[C@H](CN)O2)c1.Cl. The minimum absolute atomic E-state index is 0. The van der Waals surface area contributed by atoms with Gasteiger partial charge in [-0.25, -0.2) is 4.39 Å². The van der Waals surface area contributed by atoms with Gasteiger partial charge < -0.3 is 21.1 Å². The molecule has 1 aromatic carbocycles. The predicted molar refractivity (Wildman–Crippen MR) is 83.5 cm³/mol. The number of nitrogens with one attached hydrogen (secondary N) is 2. The molecule has 0 radical (unpaired) electrons. The van der Waals surface area contributed by atoms with Gasteiger partial charge in [0.1, 0.15) is 11.9 Å². The van der Waals surface area contributed by atoms with Crippen molar-refractivity contribution in [2.24, 2.45) is 5.73 Å². The number of ether oxygens (including phenoxy) is 1. The molecule has 1 aliphatic rings. The van der Waals surface area contributed by atoms with E-state index >= 15 is 0 Å². The van der Waals surface area contributed by atoms with E-state index in [2.05, 4.69) is 10.6 Å². The largest absolute Gasteiger partial charge is 0.364 e. The van der Waals surface area contributed by atoms with Crippen LogP contribution >= 0.6 is 12.4 Å². The number of rotatable bonds is 4. The van der Waals surface area contributed by atoms with Crippen molar-refractivity contribution in [1.29, 1.82) is 0 Å². The van der Waals surface area contributed by atoms with Gasteiger partial charge in [-0.3, -0.25) is 9.59 Å². The molecule has 2 atom stereocenters. The summed E-state index contributed by atoms with van der Waals surface area (Å²) in [5.74, 6) is -1.26. The van der Waals surface area contributed by atoms with Crippen molar-refractivity contribution in [2.45, 2.75) is 32.0 Å². The standard InChI is InChI=1S/C14H18FN3O3.ClH/c1-8(19)17-9-2-4-11(15)12(6-9)18-14(20)13-5-3-10(7-16)21-13;/h2,4,6,10,13H,3,5,7,16H2,1H3,(H,17,19)(H,18,20);1H/t10-,13+;/m1./s1. The van der Waals surface area contributed by atoms with Gasteiger partial charge in [0.05, 0.1) is 11.8 Å². The third kappa shape index (κ3) is 4.66. The van der Waals surface area contributed by atoms with Gasteiger partial charge in [0.25, 0.3) is 5.91 Å². The van der Waals surface area contributed by atoms with Gasteiger partial charge >= 0.3 is 0 Å². The van der Waals surface area contributed by atoms with Crippen molar-refractivity contribution < 1.29 is 18.7 Å². The lowest BCUT2D eigenvalue weighted by Crippen LogP contribution is -2.30. The zero-order valence-corrected chi connectivity index (χ0v) is 12.9. The maximum absolute atomic E-state index is 13.7. The summed E-state index contributed by atoms with van der Waals surface area (Å²) < 4.78 is 19.2. The van der Waals surface area contributed by atoms with E-state index in [1.54, 1.807) is 0 Å². The first kappa shape index (κ1) is 18.3. The third-order valence-corrected chi connectivity index (χ3v) is 3.21. The average Bonchev–Trinajstić information content (AvgIpc) is 2.91. The number of amides is 2. The Kier molecular flexibility index (Phi) is 6.73. The van der Waals surface area contributed by atoms with Gasteiger partial charge in [-0.15, -0.1) is 12.4 Å². The van der Waals surface area contributed by atoms with Crippen LogP contribution in [-0.4, -0.2) is 30.6 Å². The summed E-state index contributed by atoms with van der Waals surface area (Å²) in [5, 5.41) is 5.01. The van der Waals surface area contributed by atoms with Crippen LogP contribution in [0.5, 0.6) is 0 Å². The van der Waals surface area contributed by atoms with Crippen molar-refractivity contribution in [3.63, 3.8) is 0 Å². The highest BCUT2D eigenvalue weighted by Gasteiger charge is 2.30. The Morgan fingerprint density at radius 1 is 1.36 bits per heavy atom. The van der Waals surface area contributed by atoms with E-state index in [4.69, 9.17) is 10.5 Å². The molecule has 0 unspecified atom stereocenters. The highest BCUT2D eigenvalue weighted by molar-refractivity contribution is 5.96. The van der Waals surface area contributed by atoms with Crippen molar-refractivity contribution >= 4 is 35.6 Å². The van der Waals surface area contributed by atoms with E-state index < -0.39 is 17.8 Å². The van der Waals surface area contributed by atoms with Gasteiger partial charge in [-0.2, -0.15) is 0 Å². The number of carbonyl (C=O) groups excluding carboxylic acids is 2. The van der Waals surface area contributed by atoms with Crippen LogP contribution in [0.1, 0.15) is 19.8 Å². The Labute approximate surface area is 134 Å². The van der Waals surface area contributed by atoms with Crippen LogP contribution in [0.15, 0.2) is 18.2 Å². The van der Waals surface area contributed by atoms with Crippen molar-refractivity contribution in [2.75, 3.05) is 17.2 Å². The second-order valence-electron chi connectivity index (χ2n) is 4.92. The molecule has 1 aromatic rings. The number of carbonyl (C=O) groups is 2. The minimum atomic E-state index is -0.623. The molecule has 2 rings (SSSR count). The summed E-state index contributed by atoms with van der Waals surface area (Å²) in [6, 6.07) is 3.96. The molecule has 22 heavy (non-hydrogen) atoms. The van der Waals surface area contributed by atoms with Crippen molar-refractivity contribution in [3.8, 4) is 0 Å². The monoisotopic (exact) mass is 331 g/mol. The maximum Gasteiger partial charge on any atom is 0.253 e. The number of nitrogens with two attached hydrogens (primary N) is 1. The molecule has 0 aliphatic carbocycles. The van der Waals surface area contributed by atoms with Gasteiger partial charge in [0.2, 0.25) is 5.91 Å². The van der Waals surface area contributed by atoms with Gasteiger partial charge in [0, 0.05) is 19.2 Å². The fourth-order valence-corrected chi connectivity index (χ4v) is 2.19. The highest BCUT2D eigenvalue weighted by Crippen LogP contribution is 2.23. The first-order valence-electron chi connectivity index (χ1n) is 6.73. The minimum Gasteiger partial charge on any atom is -0.364 e. The summed E-state index contributed by atoms with van der Waals surface area (Å²) in [6.07, 6.45) is 0.516. The maximum atomic E-state index is 13.7. The molecule has 6 nitrogen and oxygen atoms in total. The molecule has 1 saturated heterocycles. The molecular weight excluding hydrogens is 313 g/mol. The lowest BCUT2D eigenvalue weighted by molar-refractivity contribution is -0.126. The van der Waals surface area contributed by atoms with E-state index in [0.717, 1.165) is 0 Å². The lowest BCUT2D eigenvalue weighted by atomic mass is 10.2. The number of anilines is 2. The van der Waals surface area contributed by atoms with Crippen LogP contribution in [0.25, 0.3) is 0 Å². The first-order chi connectivity index (χ1) is 9.99. The molecule has 1 fully saturated rings. The molecule has 1 aliphatic heterocycles. The Bertz CT molecular complexity index is 556. The topological polar surface area (TPSA) is 93.5 Å². The van der Waals surface area contributed by atoms with E-state index in [-0.39, 0.29) is 30.1 Å². The fraction of sp³-hybridized carbons (Fsp3) is 0.429. The molecule has 8 heteroatoms.